The van der Waals surface area contributed by atoms with E-state index in [1.807, 2.05) is 54.6 Å². The number of esters is 1. The molecule has 6 rings (SSSR count). The molecule has 6 atom stereocenters. The summed E-state index contributed by atoms with van der Waals surface area (Å²) >= 11 is 0. The normalized spacial score (nSPS) is 27.2. The van der Waals surface area contributed by atoms with Gasteiger partial charge in [-0.25, -0.2) is 4.68 Å². The Kier molecular flexibility index (Phi) is 7.08. The molecule has 1 spiro atoms. The molecule has 0 saturated carbocycles. The molecule has 2 amide bonds. The lowest BCUT2D eigenvalue weighted by Crippen LogP contribution is -2.57. The summed E-state index contributed by atoms with van der Waals surface area (Å²) in [6.45, 7) is 5.56. The molecule has 2 aromatic carbocycles. The van der Waals surface area contributed by atoms with Gasteiger partial charge in [-0.05, 0) is 37.5 Å². The highest BCUT2D eigenvalue weighted by Gasteiger charge is 2.75. The maximum Gasteiger partial charge on any atom is 0.312 e. The van der Waals surface area contributed by atoms with Crippen LogP contribution >= 0.6 is 0 Å². The first-order valence-corrected chi connectivity index (χ1v) is 14.0. The molecule has 1 N–H and O–H groups in total. The minimum Gasteiger partial charge on any atom is -0.466 e. The number of amides is 2. The molecule has 3 aromatic rings. The first-order valence-electron chi connectivity index (χ1n) is 14.0. The monoisotopic (exact) mass is 559 g/mol. The van der Waals surface area contributed by atoms with Crippen LogP contribution < -0.4 is 0 Å². The zero-order valence-electron chi connectivity index (χ0n) is 22.8. The van der Waals surface area contributed by atoms with E-state index in [-0.39, 0.29) is 25.7 Å². The molecule has 214 valence electrons. The van der Waals surface area contributed by atoms with Crippen LogP contribution in [0.3, 0.4) is 0 Å². The van der Waals surface area contributed by atoms with E-state index in [0.29, 0.717) is 23.9 Å². The standard InChI is InChI=1S/C30H33N5O6/c1-3-16-33(18-34-21-13-9-8-12-20(21)31-32-34)28(38)26-30-15-14-23(41-30)24(29(39)40-4-2)25(30)27(37)35(26)22(17-36)19-10-6-5-7-11-19/h3,5-13,22-26,36H,1,4,14-18H2,2H3/t22-,23+,24-,25-,26+,30-/m1/s1. The van der Waals surface area contributed by atoms with Gasteiger partial charge in [0.2, 0.25) is 11.8 Å². The maximum absolute atomic E-state index is 14.7. The molecular weight excluding hydrogens is 526 g/mol. The van der Waals surface area contributed by atoms with Crippen molar-refractivity contribution in [2.75, 3.05) is 19.8 Å². The fraction of sp³-hybridized carbons (Fsp3) is 0.433. The maximum atomic E-state index is 14.7. The Hall–Kier alpha value is -4.09. The smallest absolute Gasteiger partial charge is 0.312 e. The molecule has 11 nitrogen and oxygen atoms in total. The molecule has 1 aromatic heterocycles. The Morgan fingerprint density at radius 1 is 1.24 bits per heavy atom. The van der Waals surface area contributed by atoms with Crippen LogP contribution in [-0.2, 0) is 30.5 Å². The summed E-state index contributed by atoms with van der Waals surface area (Å²) in [6, 6.07) is 14.6. The molecule has 3 saturated heterocycles. The van der Waals surface area contributed by atoms with Crippen molar-refractivity contribution in [2.45, 2.75) is 50.2 Å². The lowest BCUT2D eigenvalue weighted by molar-refractivity contribution is -0.156. The second-order valence-corrected chi connectivity index (χ2v) is 10.7. The predicted molar refractivity (Wildman–Crippen MR) is 147 cm³/mol. The fourth-order valence-electron chi connectivity index (χ4n) is 6.97. The summed E-state index contributed by atoms with van der Waals surface area (Å²) in [7, 11) is 0. The Labute approximate surface area is 237 Å². The summed E-state index contributed by atoms with van der Waals surface area (Å²) in [5.41, 5.74) is 0.886. The van der Waals surface area contributed by atoms with Crippen LogP contribution in [0.2, 0.25) is 0 Å². The Balaban J connectivity index is 1.44. The third-order valence-electron chi connectivity index (χ3n) is 8.61. The minimum atomic E-state index is -1.23. The van der Waals surface area contributed by atoms with Crippen LogP contribution in [0.5, 0.6) is 0 Å². The van der Waals surface area contributed by atoms with Crippen LogP contribution in [0.25, 0.3) is 11.0 Å². The van der Waals surface area contributed by atoms with Crippen molar-refractivity contribution in [2.24, 2.45) is 11.8 Å². The SMILES string of the molecule is C=CCN(Cn1nnc2ccccc21)C(=O)[C@@H]1N([C@H](CO)c2ccccc2)C(=O)[C@H]2[C@H](C(=O)OCC)[C@@H]3CC[C@]12O3. The van der Waals surface area contributed by atoms with E-state index in [2.05, 4.69) is 16.9 Å². The molecule has 41 heavy (non-hydrogen) atoms. The van der Waals surface area contributed by atoms with E-state index in [0.717, 1.165) is 5.52 Å². The largest absolute Gasteiger partial charge is 0.466 e. The van der Waals surface area contributed by atoms with Gasteiger partial charge in [-0.2, -0.15) is 0 Å². The number of fused-ring (bicyclic) bond motifs is 2. The Bertz CT molecular complexity index is 1480. The van der Waals surface area contributed by atoms with Crippen molar-refractivity contribution in [3.8, 4) is 0 Å². The first kappa shape index (κ1) is 27.1. The summed E-state index contributed by atoms with van der Waals surface area (Å²) in [6.07, 6.45) is 2.05. The number of para-hydroxylation sites is 1. The van der Waals surface area contributed by atoms with Gasteiger partial charge in [-0.15, -0.1) is 11.7 Å². The van der Waals surface area contributed by atoms with Crippen molar-refractivity contribution in [1.29, 1.82) is 0 Å². The molecule has 2 bridgehead atoms. The van der Waals surface area contributed by atoms with Crippen molar-refractivity contribution < 1.29 is 29.0 Å². The number of carbonyl (C=O) groups excluding carboxylic acids is 3. The minimum absolute atomic E-state index is 0.0600. The number of benzene rings is 2. The number of likely N-dealkylation sites (tertiary alicyclic amines) is 1. The van der Waals surface area contributed by atoms with Gasteiger partial charge in [0, 0.05) is 6.54 Å². The third kappa shape index (κ3) is 4.22. The van der Waals surface area contributed by atoms with Gasteiger partial charge < -0.3 is 24.4 Å². The molecule has 3 fully saturated rings. The number of ether oxygens (including phenoxy) is 2. The van der Waals surface area contributed by atoms with E-state index in [4.69, 9.17) is 9.47 Å². The average Bonchev–Trinajstić information content (AvgIpc) is 3.74. The molecular formula is C30H33N5O6. The number of nitrogens with zero attached hydrogens (tertiary/aromatic N) is 5. The highest BCUT2D eigenvalue weighted by Crippen LogP contribution is 2.60. The number of hydrogen-bond acceptors (Lipinski definition) is 8. The summed E-state index contributed by atoms with van der Waals surface area (Å²) in [5.74, 6) is -2.98. The second-order valence-electron chi connectivity index (χ2n) is 10.7. The zero-order chi connectivity index (χ0) is 28.7. The Morgan fingerprint density at radius 3 is 2.73 bits per heavy atom. The van der Waals surface area contributed by atoms with Gasteiger partial charge in [0.1, 0.15) is 23.8 Å². The molecule has 0 unspecified atom stereocenters. The number of rotatable bonds is 10. The van der Waals surface area contributed by atoms with Crippen LogP contribution in [0.1, 0.15) is 31.4 Å². The summed E-state index contributed by atoms with van der Waals surface area (Å²) in [4.78, 5) is 45.2. The summed E-state index contributed by atoms with van der Waals surface area (Å²) < 4.78 is 13.5. The van der Waals surface area contributed by atoms with E-state index in [9.17, 15) is 19.5 Å². The van der Waals surface area contributed by atoms with Gasteiger partial charge in [0.15, 0.2) is 0 Å². The van der Waals surface area contributed by atoms with Gasteiger partial charge in [0.25, 0.3) is 0 Å². The first-order chi connectivity index (χ1) is 19.9. The van der Waals surface area contributed by atoms with Gasteiger partial charge in [-0.1, -0.05) is 53.8 Å². The van der Waals surface area contributed by atoms with Crippen molar-refractivity contribution in [3.05, 3.63) is 72.8 Å². The zero-order valence-corrected chi connectivity index (χ0v) is 22.8. The third-order valence-corrected chi connectivity index (χ3v) is 8.61. The quantitative estimate of drug-likeness (QED) is 0.296. The van der Waals surface area contributed by atoms with Crippen molar-refractivity contribution in [1.82, 2.24) is 24.8 Å². The number of aromatic nitrogens is 3. The van der Waals surface area contributed by atoms with Gasteiger partial charge >= 0.3 is 5.97 Å². The molecule has 3 aliphatic heterocycles. The average molecular weight is 560 g/mol. The van der Waals surface area contributed by atoms with Crippen molar-refractivity contribution in [3.63, 3.8) is 0 Å². The van der Waals surface area contributed by atoms with Gasteiger partial charge in [0.05, 0.1) is 42.7 Å². The number of aliphatic hydroxyl groups excluding tert-OH is 1. The van der Waals surface area contributed by atoms with E-state index in [1.165, 1.54) is 4.90 Å². The van der Waals surface area contributed by atoms with E-state index >= 15 is 0 Å². The topological polar surface area (TPSA) is 127 Å². The Morgan fingerprint density at radius 2 is 2.00 bits per heavy atom. The molecule has 0 aliphatic carbocycles. The highest BCUT2D eigenvalue weighted by atomic mass is 16.6. The number of carbonyl (C=O) groups is 3. The lowest BCUT2D eigenvalue weighted by Gasteiger charge is -2.39. The molecule has 4 heterocycles. The lowest BCUT2D eigenvalue weighted by atomic mass is 9.70. The predicted octanol–water partition coefficient (Wildman–Crippen LogP) is 2.07. The van der Waals surface area contributed by atoms with Crippen LogP contribution in [0.4, 0.5) is 0 Å². The van der Waals surface area contributed by atoms with Crippen molar-refractivity contribution >= 4 is 28.8 Å². The number of hydrogen-bond donors (Lipinski definition) is 1. The van der Waals surface area contributed by atoms with Crippen LogP contribution in [-0.4, -0.2) is 85.2 Å². The molecule has 0 radical (unpaired) electrons. The molecule has 11 heteroatoms. The van der Waals surface area contributed by atoms with E-state index in [1.54, 1.807) is 22.6 Å². The van der Waals surface area contributed by atoms with Crippen LogP contribution in [0, 0.1) is 11.8 Å². The van der Waals surface area contributed by atoms with Gasteiger partial charge in [-0.3, -0.25) is 14.4 Å². The highest BCUT2D eigenvalue weighted by molar-refractivity contribution is 5.98. The van der Waals surface area contributed by atoms with E-state index < -0.39 is 54.1 Å². The number of aliphatic hydroxyl groups is 1. The fourth-order valence-corrected chi connectivity index (χ4v) is 6.97. The second kappa shape index (κ2) is 10.7. The van der Waals surface area contributed by atoms with Crippen LogP contribution in [0.15, 0.2) is 67.3 Å². The molecule has 3 aliphatic rings. The summed E-state index contributed by atoms with van der Waals surface area (Å²) in [5, 5.41) is 19.1.